The molecule has 5 nitrogen and oxygen atoms in total. The zero-order chi connectivity index (χ0) is 14.3. The first-order valence-corrected chi connectivity index (χ1v) is 8.14. The van der Waals surface area contributed by atoms with Crippen LogP contribution >= 0.6 is 15.9 Å². The fourth-order valence-electron chi connectivity index (χ4n) is 1.37. The molecule has 0 fully saturated rings. The number of benzene rings is 1. The number of sulfone groups is 1. The van der Waals surface area contributed by atoms with Crippen molar-refractivity contribution in [2.75, 3.05) is 26.0 Å². The van der Waals surface area contributed by atoms with E-state index in [4.69, 9.17) is 4.74 Å². The molecule has 1 rings (SSSR count). The second kappa shape index (κ2) is 7.62. The fraction of sp³-hybridized carbons (Fsp3) is 0.417. The number of hydrogen-bond donors (Lipinski definition) is 1. The number of rotatable bonds is 7. The summed E-state index contributed by atoms with van der Waals surface area (Å²) < 4.78 is 29.5. The largest absolute Gasteiger partial charge is 0.383 e. The number of hydrogen-bond acceptors (Lipinski definition) is 4. The molecule has 0 aliphatic heterocycles. The van der Waals surface area contributed by atoms with Crippen LogP contribution in [-0.4, -0.2) is 40.3 Å². The maximum atomic E-state index is 12.0. The molecule has 1 aromatic rings. The third kappa shape index (κ3) is 5.71. The summed E-state index contributed by atoms with van der Waals surface area (Å²) in [5.41, 5.74) is 0. The van der Waals surface area contributed by atoms with Crippen LogP contribution in [0.15, 0.2) is 33.6 Å². The van der Waals surface area contributed by atoms with Gasteiger partial charge in [0.1, 0.15) is 0 Å². The average Bonchev–Trinajstić information content (AvgIpc) is 2.37. The van der Waals surface area contributed by atoms with Crippen LogP contribution in [0.2, 0.25) is 0 Å². The van der Waals surface area contributed by atoms with Crippen molar-refractivity contribution in [1.82, 2.24) is 5.32 Å². The van der Waals surface area contributed by atoms with Crippen LogP contribution in [0.25, 0.3) is 0 Å². The summed E-state index contributed by atoms with van der Waals surface area (Å²) in [4.78, 5) is 11.6. The highest BCUT2D eigenvalue weighted by atomic mass is 79.9. The van der Waals surface area contributed by atoms with Crippen LogP contribution in [0.5, 0.6) is 0 Å². The molecule has 7 heteroatoms. The van der Waals surface area contributed by atoms with Crippen molar-refractivity contribution in [3.05, 3.63) is 28.7 Å². The Morgan fingerprint density at radius 1 is 1.32 bits per heavy atom. The predicted molar refractivity (Wildman–Crippen MR) is 75.7 cm³/mol. The third-order valence-corrected chi connectivity index (χ3v) is 4.66. The molecule has 1 amide bonds. The van der Waals surface area contributed by atoms with Gasteiger partial charge in [0, 0.05) is 24.5 Å². The predicted octanol–water partition coefficient (Wildman–Crippen LogP) is 1.38. The van der Waals surface area contributed by atoms with E-state index >= 15 is 0 Å². The summed E-state index contributed by atoms with van der Waals surface area (Å²) in [7, 11) is -1.88. The van der Waals surface area contributed by atoms with E-state index in [2.05, 4.69) is 21.2 Å². The van der Waals surface area contributed by atoms with Crippen molar-refractivity contribution in [3.8, 4) is 0 Å². The molecule has 0 unspecified atom stereocenters. The first kappa shape index (κ1) is 16.1. The summed E-state index contributed by atoms with van der Waals surface area (Å²) in [5.74, 6) is -0.495. The lowest BCUT2D eigenvalue weighted by molar-refractivity contribution is -0.120. The Balaban J connectivity index is 2.51. The van der Waals surface area contributed by atoms with E-state index in [1.807, 2.05) is 0 Å². The minimum atomic E-state index is -3.42. The van der Waals surface area contributed by atoms with E-state index in [0.29, 0.717) is 13.2 Å². The van der Waals surface area contributed by atoms with E-state index in [1.54, 1.807) is 12.1 Å². The number of nitrogens with one attached hydrogen (secondary N) is 1. The molecule has 0 spiro atoms. The summed E-state index contributed by atoms with van der Waals surface area (Å²) in [6, 6.07) is 6.35. The lowest BCUT2D eigenvalue weighted by Gasteiger charge is -2.06. The van der Waals surface area contributed by atoms with Gasteiger partial charge in [-0.3, -0.25) is 4.79 Å². The molecule has 0 aliphatic carbocycles. The smallest absolute Gasteiger partial charge is 0.221 e. The Bertz CT molecular complexity index is 513. The summed E-state index contributed by atoms with van der Waals surface area (Å²) in [6.45, 7) is 0.791. The molecule has 19 heavy (non-hydrogen) atoms. The molecule has 106 valence electrons. The van der Waals surface area contributed by atoms with Crippen LogP contribution in [0.4, 0.5) is 0 Å². The van der Waals surface area contributed by atoms with Crippen LogP contribution < -0.4 is 5.32 Å². The van der Waals surface area contributed by atoms with Crippen molar-refractivity contribution in [2.24, 2.45) is 0 Å². The van der Waals surface area contributed by atoms with E-state index in [1.165, 1.54) is 19.2 Å². The third-order valence-electron chi connectivity index (χ3n) is 2.40. The summed E-state index contributed by atoms with van der Waals surface area (Å²) in [5, 5.41) is 2.58. The van der Waals surface area contributed by atoms with Crippen molar-refractivity contribution in [2.45, 2.75) is 11.3 Å². The second-order valence-corrected chi connectivity index (χ2v) is 6.89. The Hall–Kier alpha value is -0.920. The van der Waals surface area contributed by atoms with Gasteiger partial charge in [0.05, 0.1) is 17.3 Å². The molecule has 0 saturated carbocycles. The molecule has 0 aliphatic rings. The van der Waals surface area contributed by atoms with Crippen molar-refractivity contribution in [1.29, 1.82) is 0 Å². The van der Waals surface area contributed by atoms with E-state index in [-0.39, 0.29) is 23.0 Å². The Morgan fingerprint density at radius 2 is 1.95 bits per heavy atom. The zero-order valence-electron chi connectivity index (χ0n) is 10.6. The summed E-state index contributed by atoms with van der Waals surface area (Å²) in [6.07, 6.45) is -0.0535. The maximum absolute atomic E-state index is 12.0. The van der Waals surface area contributed by atoms with Crippen LogP contribution in [-0.2, 0) is 19.4 Å². The topological polar surface area (TPSA) is 72.5 Å². The van der Waals surface area contributed by atoms with Gasteiger partial charge in [0.2, 0.25) is 5.91 Å². The number of ether oxygens (including phenoxy) is 1. The van der Waals surface area contributed by atoms with Crippen LogP contribution in [0, 0.1) is 0 Å². The highest BCUT2D eigenvalue weighted by Crippen LogP contribution is 2.16. The maximum Gasteiger partial charge on any atom is 0.221 e. The SMILES string of the molecule is COCCNC(=O)CCS(=O)(=O)c1ccc(Br)cc1. The minimum Gasteiger partial charge on any atom is -0.383 e. The van der Waals surface area contributed by atoms with Crippen molar-refractivity contribution >= 4 is 31.7 Å². The zero-order valence-corrected chi connectivity index (χ0v) is 13.0. The van der Waals surface area contributed by atoms with Gasteiger partial charge < -0.3 is 10.1 Å². The number of carbonyl (C=O) groups is 1. The first-order valence-electron chi connectivity index (χ1n) is 5.69. The molecular weight excluding hydrogens is 334 g/mol. The summed E-state index contributed by atoms with van der Waals surface area (Å²) >= 11 is 3.24. The van der Waals surface area contributed by atoms with Crippen LogP contribution in [0.1, 0.15) is 6.42 Å². The Morgan fingerprint density at radius 3 is 2.53 bits per heavy atom. The van der Waals surface area contributed by atoms with Gasteiger partial charge in [-0.1, -0.05) is 15.9 Å². The molecule has 0 bridgehead atoms. The standard InChI is InChI=1S/C12H16BrNO4S/c1-18-8-7-14-12(15)6-9-19(16,17)11-4-2-10(13)3-5-11/h2-5H,6-9H2,1H3,(H,14,15). The fourth-order valence-corrected chi connectivity index (χ4v) is 2.87. The monoisotopic (exact) mass is 349 g/mol. The second-order valence-electron chi connectivity index (χ2n) is 3.87. The molecule has 1 aromatic carbocycles. The highest BCUT2D eigenvalue weighted by Gasteiger charge is 2.16. The van der Waals surface area contributed by atoms with Gasteiger partial charge in [-0.2, -0.15) is 0 Å². The molecule has 0 saturated heterocycles. The Kier molecular flexibility index (Phi) is 6.47. The lowest BCUT2D eigenvalue weighted by atomic mass is 10.4. The van der Waals surface area contributed by atoms with Crippen molar-refractivity contribution < 1.29 is 17.9 Å². The number of amides is 1. The Labute approximate surface area is 121 Å². The first-order chi connectivity index (χ1) is 8.95. The van der Waals surface area contributed by atoms with Crippen molar-refractivity contribution in [3.63, 3.8) is 0 Å². The molecule has 1 N–H and O–H groups in total. The molecule has 0 atom stereocenters. The van der Waals surface area contributed by atoms with Gasteiger partial charge in [-0.25, -0.2) is 8.42 Å². The molecule has 0 aromatic heterocycles. The van der Waals surface area contributed by atoms with Gasteiger partial charge in [-0.15, -0.1) is 0 Å². The van der Waals surface area contributed by atoms with E-state index < -0.39 is 9.84 Å². The average molecular weight is 350 g/mol. The number of carbonyl (C=O) groups excluding carboxylic acids is 1. The quantitative estimate of drug-likeness (QED) is 0.754. The van der Waals surface area contributed by atoms with Gasteiger partial charge >= 0.3 is 0 Å². The number of halogens is 1. The van der Waals surface area contributed by atoms with Gasteiger partial charge in [0.15, 0.2) is 9.84 Å². The van der Waals surface area contributed by atoms with E-state index in [0.717, 1.165) is 4.47 Å². The van der Waals surface area contributed by atoms with Crippen LogP contribution in [0.3, 0.4) is 0 Å². The molecule has 0 heterocycles. The normalized spacial score (nSPS) is 11.3. The lowest BCUT2D eigenvalue weighted by Crippen LogP contribution is -2.28. The van der Waals surface area contributed by atoms with Gasteiger partial charge in [-0.05, 0) is 24.3 Å². The molecular formula is C12H16BrNO4S. The molecule has 0 radical (unpaired) electrons. The number of methoxy groups -OCH3 is 1. The van der Waals surface area contributed by atoms with E-state index in [9.17, 15) is 13.2 Å². The minimum absolute atomic E-state index is 0.0535. The van der Waals surface area contributed by atoms with Gasteiger partial charge in [0.25, 0.3) is 0 Å². The highest BCUT2D eigenvalue weighted by molar-refractivity contribution is 9.10.